The fourth-order valence-corrected chi connectivity index (χ4v) is 2.72. The Kier molecular flexibility index (Phi) is 4.72. The molecule has 1 aromatic rings. The molecule has 0 spiro atoms. The molecule has 1 fully saturated rings. The van der Waals surface area contributed by atoms with E-state index in [0.29, 0.717) is 0 Å². The second-order valence-electron chi connectivity index (χ2n) is 5.66. The number of hydrogen-bond acceptors (Lipinski definition) is 3. The monoisotopic (exact) mass is 248 g/mol. The van der Waals surface area contributed by atoms with Gasteiger partial charge in [-0.25, -0.2) is 0 Å². The minimum absolute atomic E-state index is 0.0330. The minimum atomic E-state index is -0.0330. The smallest absolute Gasteiger partial charge is 0.0613 e. The van der Waals surface area contributed by atoms with Crippen LogP contribution in [0.5, 0.6) is 0 Å². The van der Waals surface area contributed by atoms with Gasteiger partial charge in [-0.15, -0.1) is 0 Å². The van der Waals surface area contributed by atoms with Crippen LogP contribution < -0.4 is 5.32 Å². The van der Waals surface area contributed by atoms with Crippen molar-refractivity contribution in [1.82, 2.24) is 10.3 Å². The van der Waals surface area contributed by atoms with Crippen molar-refractivity contribution < 1.29 is 5.11 Å². The van der Waals surface area contributed by atoms with Gasteiger partial charge in [0.15, 0.2) is 0 Å². The average Bonchev–Trinajstić information content (AvgIpc) is 2.43. The third-order valence-corrected chi connectivity index (χ3v) is 4.17. The Morgan fingerprint density at radius 1 is 1.44 bits per heavy atom. The van der Waals surface area contributed by atoms with Crippen molar-refractivity contribution in [3.8, 4) is 0 Å². The van der Waals surface area contributed by atoms with E-state index in [2.05, 4.69) is 23.3 Å². The highest BCUT2D eigenvalue weighted by Gasteiger charge is 2.32. The Balaban J connectivity index is 1.81. The molecule has 1 aromatic heterocycles. The van der Waals surface area contributed by atoms with Gasteiger partial charge in [0.2, 0.25) is 0 Å². The molecule has 0 amide bonds. The number of hydrogen-bond donors (Lipinski definition) is 2. The van der Waals surface area contributed by atoms with Crippen LogP contribution in [0.4, 0.5) is 0 Å². The molecule has 0 atom stereocenters. The summed E-state index contributed by atoms with van der Waals surface area (Å²) in [7, 11) is 0. The average molecular weight is 248 g/mol. The summed E-state index contributed by atoms with van der Waals surface area (Å²) in [6.45, 7) is 3.48. The standard InChI is InChI=1S/C15H24N2O/c1-13-4-7-15(12-18,8-5-13)17-10-6-14-3-2-9-16-11-14/h2-3,9,11,13,17-18H,4-8,10,12H2,1H3. The summed E-state index contributed by atoms with van der Waals surface area (Å²) < 4.78 is 0. The van der Waals surface area contributed by atoms with Crippen LogP contribution in [0.25, 0.3) is 0 Å². The quantitative estimate of drug-likeness (QED) is 0.839. The molecular weight excluding hydrogens is 224 g/mol. The summed E-state index contributed by atoms with van der Waals surface area (Å²) in [6.07, 6.45) is 9.33. The lowest BCUT2D eigenvalue weighted by atomic mass is 9.77. The highest BCUT2D eigenvalue weighted by Crippen LogP contribution is 2.31. The molecule has 100 valence electrons. The number of aliphatic hydroxyl groups excluding tert-OH is 1. The summed E-state index contributed by atoms with van der Waals surface area (Å²) in [5.74, 6) is 0.810. The molecule has 0 unspecified atom stereocenters. The lowest BCUT2D eigenvalue weighted by Gasteiger charge is -2.39. The van der Waals surface area contributed by atoms with E-state index in [1.807, 2.05) is 12.3 Å². The Labute approximate surface area is 110 Å². The van der Waals surface area contributed by atoms with E-state index in [1.54, 1.807) is 6.20 Å². The van der Waals surface area contributed by atoms with Crippen LogP contribution >= 0.6 is 0 Å². The molecule has 0 aliphatic heterocycles. The molecule has 3 nitrogen and oxygen atoms in total. The maximum absolute atomic E-state index is 9.65. The van der Waals surface area contributed by atoms with Crippen molar-refractivity contribution in [3.63, 3.8) is 0 Å². The maximum Gasteiger partial charge on any atom is 0.0613 e. The van der Waals surface area contributed by atoms with Crippen LogP contribution in [-0.2, 0) is 6.42 Å². The summed E-state index contributed by atoms with van der Waals surface area (Å²) >= 11 is 0. The van der Waals surface area contributed by atoms with Crippen LogP contribution in [0.2, 0.25) is 0 Å². The van der Waals surface area contributed by atoms with E-state index in [9.17, 15) is 5.11 Å². The van der Waals surface area contributed by atoms with Crippen LogP contribution in [0, 0.1) is 5.92 Å². The summed E-state index contributed by atoms with van der Waals surface area (Å²) in [4.78, 5) is 4.12. The maximum atomic E-state index is 9.65. The number of aliphatic hydroxyl groups is 1. The van der Waals surface area contributed by atoms with Crippen molar-refractivity contribution >= 4 is 0 Å². The third-order valence-electron chi connectivity index (χ3n) is 4.17. The van der Waals surface area contributed by atoms with Crippen LogP contribution in [0.1, 0.15) is 38.2 Å². The van der Waals surface area contributed by atoms with E-state index in [1.165, 1.54) is 18.4 Å². The second kappa shape index (κ2) is 6.30. The van der Waals surface area contributed by atoms with Crippen LogP contribution in [0.3, 0.4) is 0 Å². The molecule has 18 heavy (non-hydrogen) atoms. The van der Waals surface area contributed by atoms with Gasteiger partial charge in [0.05, 0.1) is 6.61 Å². The van der Waals surface area contributed by atoms with Gasteiger partial charge in [-0.3, -0.25) is 4.98 Å². The van der Waals surface area contributed by atoms with Crippen molar-refractivity contribution in [2.75, 3.05) is 13.2 Å². The molecule has 0 saturated heterocycles. The first-order valence-electron chi connectivity index (χ1n) is 6.99. The van der Waals surface area contributed by atoms with Crippen molar-refractivity contribution in [3.05, 3.63) is 30.1 Å². The van der Waals surface area contributed by atoms with E-state index >= 15 is 0 Å². The predicted octanol–water partition coefficient (Wildman–Crippen LogP) is 2.15. The van der Waals surface area contributed by atoms with Gasteiger partial charge in [0.25, 0.3) is 0 Å². The summed E-state index contributed by atoms with van der Waals surface area (Å²) in [5.41, 5.74) is 1.22. The number of nitrogens with one attached hydrogen (secondary N) is 1. The minimum Gasteiger partial charge on any atom is -0.394 e. The van der Waals surface area contributed by atoms with E-state index in [4.69, 9.17) is 0 Å². The van der Waals surface area contributed by atoms with Gasteiger partial charge in [-0.1, -0.05) is 13.0 Å². The lowest BCUT2D eigenvalue weighted by Crippen LogP contribution is -2.51. The van der Waals surface area contributed by atoms with Gasteiger partial charge in [0, 0.05) is 17.9 Å². The van der Waals surface area contributed by atoms with Crippen molar-refractivity contribution in [1.29, 1.82) is 0 Å². The highest BCUT2D eigenvalue weighted by molar-refractivity contribution is 5.09. The fourth-order valence-electron chi connectivity index (χ4n) is 2.72. The Bertz CT molecular complexity index is 345. The number of rotatable bonds is 5. The zero-order valence-electron chi connectivity index (χ0n) is 11.2. The first-order chi connectivity index (χ1) is 8.74. The third kappa shape index (κ3) is 3.53. The molecule has 3 heteroatoms. The van der Waals surface area contributed by atoms with E-state index < -0.39 is 0 Å². The highest BCUT2D eigenvalue weighted by atomic mass is 16.3. The van der Waals surface area contributed by atoms with Gasteiger partial charge in [0.1, 0.15) is 0 Å². The fraction of sp³-hybridized carbons (Fsp3) is 0.667. The number of nitrogens with zero attached hydrogens (tertiary/aromatic N) is 1. The van der Waals surface area contributed by atoms with Gasteiger partial charge in [-0.2, -0.15) is 0 Å². The van der Waals surface area contributed by atoms with Crippen LogP contribution in [-0.4, -0.2) is 28.8 Å². The SMILES string of the molecule is CC1CCC(CO)(NCCc2cccnc2)CC1. The zero-order valence-corrected chi connectivity index (χ0v) is 11.2. The number of pyridine rings is 1. The van der Waals surface area contributed by atoms with Gasteiger partial charge < -0.3 is 10.4 Å². The predicted molar refractivity (Wildman–Crippen MR) is 73.4 cm³/mol. The Morgan fingerprint density at radius 3 is 2.83 bits per heavy atom. The molecule has 2 rings (SSSR count). The second-order valence-corrected chi connectivity index (χ2v) is 5.66. The van der Waals surface area contributed by atoms with E-state index in [0.717, 1.165) is 31.7 Å². The molecular formula is C15H24N2O. The molecule has 1 heterocycles. The normalized spacial score (nSPS) is 28.2. The zero-order chi connectivity index (χ0) is 12.8. The van der Waals surface area contributed by atoms with Crippen LogP contribution in [0.15, 0.2) is 24.5 Å². The molecule has 1 aliphatic rings. The lowest BCUT2D eigenvalue weighted by molar-refractivity contribution is 0.106. The Morgan fingerprint density at radius 2 is 2.22 bits per heavy atom. The summed E-state index contributed by atoms with van der Waals surface area (Å²) in [6, 6.07) is 4.07. The first kappa shape index (κ1) is 13.5. The number of aromatic nitrogens is 1. The van der Waals surface area contributed by atoms with E-state index in [-0.39, 0.29) is 12.1 Å². The molecule has 1 saturated carbocycles. The molecule has 1 aliphatic carbocycles. The summed E-state index contributed by atoms with van der Waals surface area (Å²) in [5, 5.41) is 13.2. The van der Waals surface area contributed by atoms with Crippen molar-refractivity contribution in [2.45, 2.75) is 44.6 Å². The Hall–Kier alpha value is -0.930. The van der Waals surface area contributed by atoms with Gasteiger partial charge >= 0.3 is 0 Å². The van der Waals surface area contributed by atoms with Gasteiger partial charge in [-0.05, 0) is 56.2 Å². The topological polar surface area (TPSA) is 45.1 Å². The van der Waals surface area contributed by atoms with Crippen molar-refractivity contribution in [2.24, 2.45) is 5.92 Å². The molecule has 0 aromatic carbocycles. The molecule has 0 radical (unpaired) electrons. The molecule has 2 N–H and O–H groups in total. The molecule has 0 bridgehead atoms. The largest absolute Gasteiger partial charge is 0.394 e. The first-order valence-corrected chi connectivity index (χ1v) is 6.99.